The number of amides is 1. The van der Waals surface area contributed by atoms with Crippen LogP contribution >= 0.6 is 0 Å². The van der Waals surface area contributed by atoms with E-state index in [0.717, 1.165) is 11.4 Å². The Morgan fingerprint density at radius 1 is 1.17 bits per heavy atom. The van der Waals surface area contributed by atoms with Crippen LogP contribution in [0.15, 0.2) is 48.3 Å². The summed E-state index contributed by atoms with van der Waals surface area (Å²) in [5.41, 5.74) is 2.95. The molecule has 5 heteroatoms. The summed E-state index contributed by atoms with van der Waals surface area (Å²) in [6.45, 7) is 8.44. The van der Waals surface area contributed by atoms with Crippen molar-refractivity contribution in [1.29, 1.82) is 0 Å². The van der Waals surface area contributed by atoms with Gasteiger partial charge in [-0.15, -0.1) is 0 Å². The van der Waals surface area contributed by atoms with E-state index >= 15 is 0 Å². The van der Waals surface area contributed by atoms with Crippen molar-refractivity contribution in [2.45, 2.75) is 27.7 Å². The van der Waals surface area contributed by atoms with E-state index in [-0.39, 0.29) is 17.2 Å². The molecule has 1 amide bonds. The molecule has 1 heterocycles. The van der Waals surface area contributed by atoms with Crippen LogP contribution in [0, 0.1) is 17.3 Å². The van der Waals surface area contributed by atoms with Crippen molar-refractivity contribution in [3.63, 3.8) is 0 Å². The molecule has 2 atom stereocenters. The molecule has 3 rings (SSSR count). The van der Waals surface area contributed by atoms with Crippen molar-refractivity contribution in [3.05, 3.63) is 48.3 Å². The first-order valence-corrected chi connectivity index (χ1v) is 7.82. The molecule has 1 aromatic heterocycles. The van der Waals surface area contributed by atoms with Gasteiger partial charge in [0.25, 0.3) is 0 Å². The number of carbonyl (C=O) groups excluding carboxylic acids is 1. The third-order valence-electron chi connectivity index (χ3n) is 4.49. The lowest BCUT2D eigenvalue weighted by Crippen LogP contribution is -2.16. The summed E-state index contributed by atoms with van der Waals surface area (Å²) in [5.74, 6) is 0.437. The highest BCUT2D eigenvalue weighted by Crippen LogP contribution is 2.59. The minimum absolute atomic E-state index is 0.0281. The van der Waals surface area contributed by atoms with Crippen molar-refractivity contribution in [2.75, 3.05) is 5.32 Å². The Kier molecular flexibility index (Phi) is 3.80. The van der Waals surface area contributed by atoms with Gasteiger partial charge in [0.1, 0.15) is 0 Å². The Bertz CT molecular complexity index is 725. The third kappa shape index (κ3) is 3.04. The van der Waals surface area contributed by atoms with Crippen LogP contribution in [0.1, 0.15) is 27.7 Å². The molecule has 1 aromatic carbocycles. The smallest absolute Gasteiger partial charge is 0.228 e. The van der Waals surface area contributed by atoms with Crippen LogP contribution in [0.2, 0.25) is 0 Å². The number of carbonyl (C=O) groups is 1. The van der Waals surface area contributed by atoms with Crippen molar-refractivity contribution >= 4 is 11.6 Å². The van der Waals surface area contributed by atoms with Crippen molar-refractivity contribution in [2.24, 2.45) is 17.3 Å². The largest absolute Gasteiger partial charge is 0.326 e. The van der Waals surface area contributed by atoms with Crippen molar-refractivity contribution in [3.8, 4) is 5.69 Å². The highest BCUT2D eigenvalue weighted by Gasteiger charge is 2.60. The molecular formula is C18H22N4O. The quantitative estimate of drug-likeness (QED) is 0.880. The van der Waals surface area contributed by atoms with Crippen LogP contribution in [0.5, 0.6) is 0 Å². The van der Waals surface area contributed by atoms with Crippen molar-refractivity contribution in [1.82, 2.24) is 15.0 Å². The van der Waals surface area contributed by atoms with Crippen LogP contribution in [0.3, 0.4) is 0 Å². The summed E-state index contributed by atoms with van der Waals surface area (Å²) in [6.07, 6.45) is 5.47. The summed E-state index contributed by atoms with van der Waals surface area (Å²) in [7, 11) is 0. The Morgan fingerprint density at radius 2 is 1.78 bits per heavy atom. The minimum atomic E-state index is 0.0281. The summed E-state index contributed by atoms with van der Waals surface area (Å²) in [5, 5.41) is 11.2. The summed E-state index contributed by atoms with van der Waals surface area (Å²) < 4.78 is 0. The van der Waals surface area contributed by atoms with E-state index in [1.54, 1.807) is 17.2 Å². The van der Waals surface area contributed by atoms with Gasteiger partial charge in [-0.3, -0.25) is 4.79 Å². The van der Waals surface area contributed by atoms with E-state index in [4.69, 9.17) is 0 Å². The Hall–Kier alpha value is -2.43. The topological polar surface area (TPSA) is 59.8 Å². The van der Waals surface area contributed by atoms with E-state index < -0.39 is 0 Å². The molecule has 0 bridgehead atoms. The normalized spacial score (nSPS) is 21.6. The average molecular weight is 310 g/mol. The average Bonchev–Trinajstić information content (AvgIpc) is 2.88. The van der Waals surface area contributed by atoms with Gasteiger partial charge in [-0.05, 0) is 49.4 Å². The molecule has 1 fully saturated rings. The minimum Gasteiger partial charge on any atom is -0.326 e. The molecule has 0 radical (unpaired) electrons. The number of nitrogens with one attached hydrogen (secondary N) is 1. The van der Waals surface area contributed by atoms with Gasteiger partial charge in [-0.25, -0.2) is 0 Å². The molecule has 0 unspecified atom stereocenters. The van der Waals surface area contributed by atoms with E-state index in [0.29, 0.717) is 5.92 Å². The zero-order valence-electron chi connectivity index (χ0n) is 13.9. The first kappa shape index (κ1) is 15.5. The maximum atomic E-state index is 12.5. The zero-order valence-corrected chi connectivity index (χ0v) is 13.9. The number of nitrogens with zero attached hydrogens (tertiary/aromatic N) is 3. The van der Waals surface area contributed by atoms with Crippen LogP contribution < -0.4 is 5.32 Å². The Morgan fingerprint density at radius 3 is 2.35 bits per heavy atom. The maximum absolute atomic E-state index is 12.5. The lowest BCUT2D eigenvalue weighted by atomic mass is 10.1. The molecule has 1 aliphatic rings. The van der Waals surface area contributed by atoms with Gasteiger partial charge in [-0.2, -0.15) is 15.0 Å². The maximum Gasteiger partial charge on any atom is 0.228 e. The number of rotatable bonds is 4. The molecule has 120 valence electrons. The molecule has 2 aromatic rings. The molecular weight excluding hydrogens is 288 g/mol. The first-order valence-electron chi connectivity index (χ1n) is 7.82. The summed E-state index contributed by atoms with van der Waals surface area (Å²) in [6, 6.07) is 7.53. The number of aromatic nitrogens is 3. The van der Waals surface area contributed by atoms with Gasteiger partial charge in [0.15, 0.2) is 0 Å². The standard InChI is InChI=1S/C18H22N4O/c1-12(2)11-15-16(18(15,3)4)17(23)21-13-5-7-14(8-6-13)22-19-9-10-20-22/h5-11,15-16H,1-4H3,(H,21,23)/t15-,16+/m0/s1. The number of hydrogen-bond donors (Lipinski definition) is 1. The van der Waals surface area contributed by atoms with E-state index in [2.05, 4.69) is 49.3 Å². The number of anilines is 1. The van der Waals surface area contributed by atoms with Gasteiger partial charge in [0, 0.05) is 5.69 Å². The highest BCUT2D eigenvalue weighted by atomic mass is 16.2. The molecule has 0 saturated heterocycles. The molecule has 1 aliphatic carbocycles. The van der Waals surface area contributed by atoms with E-state index in [1.807, 2.05) is 24.3 Å². The van der Waals surface area contributed by atoms with Gasteiger partial charge >= 0.3 is 0 Å². The first-order chi connectivity index (χ1) is 10.9. The molecule has 23 heavy (non-hydrogen) atoms. The zero-order chi connectivity index (χ0) is 16.6. The number of allylic oxidation sites excluding steroid dienone is 2. The molecule has 1 saturated carbocycles. The fraction of sp³-hybridized carbons (Fsp3) is 0.389. The SMILES string of the molecule is CC(C)=C[C@H]1[C@H](C(=O)Nc2ccc(-n3nccn3)cc2)C1(C)C. The van der Waals surface area contributed by atoms with Gasteiger partial charge in [0.05, 0.1) is 24.0 Å². The summed E-state index contributed by atoms with van der Waals surface area (Å²) in [4.78, 5) is 14.1. The lowest BCUT2D eigenvalue weighted by molar-refractivity contribution is -0.118. The van der Waals surface area contributed by atoms with Gasteiger partial charge < -0.3 is 5.32 Å². The van der Waals surface area contributed by atoms with Crippen LogP contribution in [0.4, 0.5) is 5.69 Å². The lowest BCUT2D eigenvalue weighted by Gasteiger charge is -2.07. The Balaban J connectivity index is 1.68. The molecule has 0 spiro atoms. The molecule has 0 aliphatic heterocycles. The van der Waals surface area contributed by atoms with E-state index in [9.17, 15) is 4.79 Å². The highest BCUT2D eigenvalue weighted by molar-refractivity contribution is 5.95. The summed E-state index contributed by atoms with van der Waals surface area (Å²) >= 11 is 0. The van der Waals surface area contributed by atoms with Gasteiger partial charge in [-0.1, -0.05) is 25.5 Å². The molecule has 1 N–H and O–H groups in total. The van der Waals surface area contributed by atoms with Crippen molar-refractivity contribution < 1.29 is 4.79 Å². The predicted octanol–water partition coefficient (Wildman–Crippen LogP) is 3.44. The number of benzene rings is 1. The second-order valence-electron chi connectivity index (χ2n) is 6.92. The third-order valence-corrected chi connectivity index (χ3v) is 4.49. The van der Waals surface area contributed by atoms with Gasteiger partial charge in [0.2, 0.25) is 5.91 Å². The fourth-order valence-corrected chi connectivity index (χ4v) is 3.10. The second-order valence-corrected chi connectivity index (χ2v) is 6.92. The van der Waals surface area contributed by atoms with Crippen LogP contribution in [-0.2, 0) is 4.79 Å². The predicted molar refractivity (Wildman–Crippen MR) is 90.2 cm³/mol. The molecule has 5 nitrogen and oxygen atoms in total. The van der Waals surface area contributed by atoms with Crippen LogP contribution in [-0.4, -0.2) is 20.9 Å². The van der Waals surface area contributed by atoms with E-state index in [1.165, 1.54) is 5.57 Å². The number of hydrogen-bond acceptors (Lipinski definition) is 3. The second kappa shape index (κ2) is 5.65. The Labute approximate surface area is 136 Å². The fourth-order valence-electron chi connectivity index (χ4n) is 3.10. The monoisotopic (exact) mass is 310 g/mol. The van der Waals surface area contributed by atoms with Crippen LogP contribution in [0.25, 0.3) is 5.69 Å².